The molecule has 0 aromatic carbocycles. The second-order valence-electron chi connectivity index (χ2n) is 6.66. The van der Waals surface area contributed by atoms with Crippen LogP contribution in [0.2, 0.25) is 0 Å². The van der Waals surface area contributed by atoms with E-state index in [1.165, 1.54) is 19.3 Å². The van der Waals surface area contributed by atoms with E-state index < -0.39 is 9.84 Å². The number of nitrogens with one attached hydrogen (secondary N) is 3. The van der Waals surface area contributed by atoms with Crippen molar-refractivity contribution in [1.29, 1.82) is 0 Å². The van der Waals surface area contributed by atoms with E-state index in [1.54, 1.807) is 0 Å². The maximum Gasteiger partial charge on any atom is 0.222 e. The number of rotatable bonds is 6. The average Bonchev–Trinajstić information content (AvgIpc) is 2.87. The van der Waals surface area contributed by atoms with Gasteiger partial charge in [-0.1, -0.05) is 19.3 Å². The Balaban J connectivity index is 1.74. The van der Waals surface area contributed by atoms with Gasteiger partial charge in [-0.3, -0.25) is 9.79 Å². The fourth-order valence-corrected chi connectivity index (χ4v) is 4.91. The minimum absolute atomic E-state index is 0.0462. The Morgan fingerprint density at radius 2 is 1.83 bits per heavy atom. The van der Waals surface area contributed by atoms with Crippen LogP contribution in [0, 0.1) is 0 Å². The van der Waals surface area contributed by atoms with Crippen molar-refractivity contribution in [2.75, 3.05) is 24.6 Å². The highest BCUT2D eigenvalue weighted by Crippen LogP contribution is 2.17. The molecule has 1 saturated heterocycles. The van der Waals surface area contributed by atoms with Crippen LogP contribution in [0.1, 0.15) is 51.9 Å². The van der Waals surface area contributed by atoms with Crippen LogP contribution in [0.3, 0.4) is 0 Å². The fourth-order valence-electron chi connectivity index (χ4n) is 3.24. The highest BCUT2D eigenvalue weighted by Gasteiger charge is 2.28. The quantitative estimate of drug-likeness (QED) is 0.476. The normalized spacial score (nSPS) is 24.5. The molecule has 2 rings (SSSR count). The summed E-state index contributed by atoms with van der Waals surface area (Å²) in [5.41, 5.74) is 0. The molecule has 0 aromatic heterocycles. The molecule has 8 heteroatoms. The number of aliphatic imine (C=N–C) groups is 1. The molecule has 0 spiro atoms. The molecule has 1 aliphatic heterocycles. The molecule has 2 fully saturated rings. The molecule has 1 saturated carbocycles. The van der Waals surface area contributed by atoms with Gasteiger partial charge in [-0.05, 0) is 26.2 Å². The van der Waals surface area contributed by atoms with Crippen LogP contribution in [0.15, 0.2) is 4.99 Å². The lowest BCUT2D eigenvalue weighted by Gasteiger charge is -2.22. The van der Waals surface area contributed by atoms with Gasteiger partial charge in [0.2, 0.25) is 5.91 Å². The number of sulfone groups is 1. The van der Waals surface area contributed by atoms with Crippen LogP contribution < -0.4 is 16.0 Å². The van der Waals surface area contributed by atoms with Crippen LogP contribution in [-0.4, -0.2) is 57.0 Å². The lowest BCUT2D eigenvalue weighted by atomic mass is 9.95. The highest BCUT2D eigenvalue weighted by atomic mass is 32.2. The topological polar surface area (TPSA) is 99.7 Å². The predicted octanol–water partition coefficient (Wildman–Crippen LogP) is 0.568. The van der Waals surface area contributed by atoms with Gasteiger partial charge in [0, 0.05) is 25.0 Å². The Bertz CT molecular complexity index is 542. The van der Waals surface area contributed by atoms with Crippen LogP contribution in [0.5, 0.6) is 0 Å². The van der Waals surface area contributed by atoms with Crippen LogP contribution in [0.4, 0.5) is 0 Å². The minimum Gasteiger partial charge on any atom is -0.357 e. The maximum atomic E-state index is 12.0. The van der Waals surface area contributed by atoms with E-state index in [9.17, 15) is 13.2 Å². The molecule has 0 radical (unpaired) electrons. The van der Waals surface area contributed by atoms with Crippen LogP contribution in [0.25, 0.3) is 0 Å². The first kappa shape index (κ1) is 19.0. The molecule has 138 valence electrons. The number of amides is 1. The third kappa shape index (κ3) is 6.67. The zero-order valence-corrected chi connectivity index (χ0v) is 15.3. The molecule has 1 amide bonds. The Morgan fingerprint density at radius 1 is 1.08 bits per heavy atom. The number of carbonyl (C=O) groups excluding carboxylic acids is 1. The number of hydrogen-bond donors (Lipinski definition) is 3. The largest absolute Gasteiger partial charge is 0.357 e. The second-order valence-corrected chi connectivity index (χ2v) is 8.89. The number of carbonyl (C=O) groups is 1. The van der Waals surface area contributed by atoms with Gasteiger partial charge in [0.25, 0.3) is 0 Å². The molecular weight excluding hydrogens is 328 g/mol. The summed E-state index contributed by atoms with van der Waals surface area (Å²) in [6.07, 6.45) is 6.78. The van der Waals surface area contributed by atoms with Crippen molar-refractivity contribution in [2.24, 2.45) is 4.99 Å². The third-order valence-electron chi connectivity index (χ3n) is 4.50. The molecule has 7 nitrogen and oxygen atoms in total. The number of nitrogens with zero attached hydrogens (tertiary/aromatic N) is 1. The van der Waals surface area contributed by atoms with E-state index >= 15 is 0 Å². The van der Waals surface area contributed by atoms with Crippen molar-refractivity contribution in [3.8, 4) is 0 Å². The predicted molar refractivity (Wildman–Crippen MR) is 95.8 cm³/mol. The molecule has 0 bridgehead atoms. The van der Waals surface area contributed by atoms with E-state index in [-0.39, 0.29) is 23.5 Å². The molecule has 24 heavy (non-hydrogen) atoms. The molecule has 0 aromatic rings. The van der Waals surface area contributed by atoms with E-state index in [2.05, 4.69) is 20.9 Å². The first-order chi connectivity index (χ1) is 11.5. The Kier molecular flexibility index (Phi) is 7.33. The smallest absolute Gasteiger partial charge is 0.222 e. The summed E-state index contributed by atoms with van der Waals surface area (Å²) in [4.78, 5) is 16.4. The zero-order valence-electron chi connectivity index (χ0n) is 14.5. The average molecular weight is 359 g/mol. The standard InChI is InChI=1S/C16H30N4O3S/c1-2-17-16(20-14-9-11-24(22,23)12-14)18-10-8-15(21)19-13-6-4-3-5-7-13/h13-14H,2-12H2,1H3,(H,19,21)(H2,17,18,20). The molecule has 3 N–H and O–H groups in total. The van der Waals surface area contributed by atoms with E-state index in [0.29, 0.717) is 37.9 Å². The number of guanidine groups is 1. The van der Waals surface area contributed by atoms with Gasteiger partial charge in [-0.2, -0.15) is 0 Å². The molecule has 1 unspecified atom stereocenters. The first-order valence-electron chi connectivity index (χ1n) is 9.03. The van der Waals surface area contributed by atoms with Gasteiger partial charge in [0.05, 0.1) is 18.1 Å². The summed E-state index contributed by atoms with van der Waals surface area (Å²) in [6.45, 7) is 3.05. The Labute approximate surface area is 145 Å². The van der Waals surface area contributed by atoms with Crippen LogP contribution >= 0.6 is 0 Å². The van der Waals surface area contributed by atoms with Gasteiger partial charge >= 0.3 is 0 Å². The number of hydrogen-bond acceptors (Lipinski definition) is 4. The van der Waals surface area contributed by atoms with Crippen molar-refractivity contribution < 1.29 is 13.2 Å². The summed E-state index contributed by atoms with van der Waals surface area (Å²) in [6, 6.07) is 0.231. The van der Waals surface area contributed by atoms with Gasteiger partial charge in [0.15, 0.2) is 15.8 Å². The SMILES string of the molecule is CCNC(=NCCC(=O)NC1CCCCC1)NC1CCS(=O)(=O)C1. The Morgan fingerprint density at radius 3 is 2.46 bits per heavy atom. The lowest BCUT2D eigenvalue weighted by Crippen LogP contribution is -2.44. The van der Waals surface area contributed by atoms with Crippen molar-refractivity contribution in [2.45, 2.75) is 64.0 Å². The van der Waals surface area contributed by atoms with E-state index in [1.807, 2.05) is 6.92 Å². The van der Waals surface area contributed by atoms with E-state index in [0.717, 1.165) is 12.8 Å². The van der Waals surface area contributed by atoms with Crippen molar-refractivity contribution in [1.82, 2.24) is 16.0 Å². The van der Waals surface area contributed by atoms with Crippen molar-refractivity contribution >= 4 is 21.7 Å². The summed E-state index contributed by atoms with van der Waals surface area (Å²) in [5, 5.41) is 9.34. The summed E-state index contributed by atoms with van der Waals surface area (Å²) < 4.78 is 23.0. The first-order valence-corrected chi connectivity index (χ1v) is 10.9. The molecular formula is C16H30N4O3S. The monoisotopic (exact) mass is 358 g/mol. The molecule has 1 atom stereocenters. The maximum absolute atomic E-state index is 12.0. The van der Waals surface area contributed by atoms with Gasteiger partial charge in [-0.15, -0.1) is 0 Å². The molecule has 1 heterocycles. The molecule has 2 aliphatic rings. The lowest BCUT2D eigenvalue weighted by molar-refractivity contribution is -0.121. The summed E-state index contributed by atoms with van der Waals surface area (Å²) in [7, 11) is -2.92. The van der Waals surface area contributed by atoms with Gasteiger partial charge < -0.3 is 16.0 Å². The summed E-state index contributed by atoms with van der Waals surface area (Å²) >= 11 is 0. The fraction of sp³-hybridized carbons (Fsp3) is 0.875. The van der Waals surface area contributed by atoms with E-state index in [4.69, 9.17) is 0 Å². The zero-order chi connectivity index (χ0) is 17.4. The Hall–Kier alpha value is -1.31. The second kappa shape index (κ2) is 9.25. The third-order valence-corrected chi connectivity index (χ3v) is 6.26. The van der Waals surface area contributed by atoms with Gasteiger partial charge in [0.1, 0.15) is 0 Å². The highest BCUT2D eigenvalue weighted by molar-refractivity contribution is 7.91. The summed E-state index contributed by atoms with van der Waals surface area (Å²) in [5.74, 6) is 1.02. The van der Waals surface area contributed by atoms with Crippen molar-refractivity contribution in [3.05, 3.63) is 0 Å². The minimum atomic E-state index is -2.92. The van der Waals surface area contributed by atoms with Crippen LogP contribution in [-0.2, 0) is 14.6 Å². The van der Waals surface area contributed by atoms with Crippen molar-refractivity contribution in [3.63, 3.8) is 0 Å². The van der Waals surface area contributed by atoms with Gasteiger partial charge in [-0.25, -0.2) is 8.42 Å². The molecule has 1 aliphatic carbocycles.